The molecule has 0 aromatic heterocycles. The van der Waals surface area contributed by atoms with Crippen LogP contribution in [0.2, 0.25) is 0 Å². The molecule has 0 amide bonds. The van der Waals surface area contributed by atoms with Gasteiger partial charge in [0.25, 0.3) is 0 Å². The summed E-state index contributed by atoms with van der Waals surface area (Å²) in [7, 11) is 0. The average Bonchev–Trinajstić information content (AvgIpc) is 1.97. The highest BCUT2D eigenvalue weighted by Gasteiger charge is 1.85. The molecule has 0 N–H and O–H groups in total. The largest absolute Gasteiger partial charge is 0.379 e. The van der Waals surface area contributed by atoms with Crippen LogP contribution in [0.1, 0.15) is 6.92 Å². The van der Waals surface area contributed by atoms with Crippen LogP contribution >= 0.6 is 0 Å². The van der Waals surface area contributed by atoms with Crippen molar-refractivity contribution < 1.29 is 9.47 Å². The molecule has 0 aromatic rings. The van der Waals surface area contributed by atoms with Crippen molar-refractivity contribution in [3.8, 4) is 0 Å². The van der Waals surface area contributed by atoms with Gasteiger partial charge in [-0.25, -0.2) is 0 Å². The summed E-state index contributed by atoms with van der Waals surface area (Å²) < 4.78 is 10.2. The van der Waals surface area contributed by atoms with Crippen LogP contribution in [0.25, 0.3) is 0 Å². The van der Waals surface area contributed by atoms with Crippen LogP contribution in [0.15, 0.2) is 4.99 Å². The van der Waals surface area contributed by atoms with E-state index < -0.39 is 0 Å². The van der Waals surface area contributed by atoms with Gasteiger partial charge in [-0.15, -0.1) is 0 Å². The summed E-state index contributed by atoms with van der Waals surface area (Å²) in [5, 5.41) is 0. The number of rotatable bonds is 7. The molecule has 0 bridgehead atoms. The quantitative estimate of drug-likeness (QED) is 0.391. The fourth-order valence-electron chi connectivity index (χ4n) is 0.493. The fraction of sp³-hybridized carbons (Fsp3) is 0.857. The smallest absolute Gasteiger partial charge is 0.0701 e. The zero-order chi connectivity index (χ0) is 7.66. The molecule has 0 unspecified atom stereocenters. The first-order valence-corrected chi connectivity index (χ1v) is 3.49. The lowest BCUT2D eigenvalue weighted by atomic mass is 10.7. The Bertz CT molecular complexity index is 76.0. The zero-order valence-corrected chi connectivity index (χ0v) is 6.51. The van der Waals surface area contributed by atoms with Crippen LogP contribution in [-0.4, -0.2) is 39.7 Å². The van der Waals surface area contributed by atoms with Crippen molar-refractivity contribution >= 4 is 6.72 Å². The minimum atomic E-state index is 0.649. The maximum absolute atomic E-state index is 5.12. The molecule has 0 rings (SSSR count). The van der Waals surface area contributed by atoms with E-state index >= 15 is 0 Å². The second-order valence-electron chi connectivity index (χ2n) is 1.76. The first-order valence-electron chi connectivity index (χ1n) is 3.49. The average molecular weight is 145 g/mol. The maximum Gasteiger partial charge on any atom is 0.0701 e. The third-order valence-electron chi connectivity index (χ3n) is 0.970. The molecule has 0 aliphatic carbocycles. The van der Waals surface area contributed by atoms with Crippen LogP contribution in [0.3, 0.4) is 0 Å². The molecule has 0 saturated carbocycles. The van der Waals surface area contributed by atoms with Gasteiger partial charge >= 0.3 is 0 Å². The Kier molecular flexibility index (Phi) is 8.24. The monoisotopic (exact) mass is 145 g/mol. The number of hydrogen-bond acceptors (Lipinski definition) is 3. The van der Waals surface area contributed by atoms with Crippen molar-refractivity contribution in [2.45, 2.75) is 6.92 Å². The van der Waals surface area contributed by atoms with E-state index in [4.69, 9.17) is 9.47 Å². The van der Waals surface area contributed by atoms with Crippen molar-refractivity contribution in [2.75, 3.05) is 33.0 Å². The highest BCUT2D eigenvalue weighted by Crippen LogP contribution is 1.77. The van der Waals surface area contributed by atoms with E-state index in [0.29, 0.717) is 26.4 Å². The summed E-state index contributed by atoms with van der Waals surface area (Å²) in [6.07, 6.45) is 0. The van der Waals surface area contributed by atoms with Crippen molar-refractivity contribution in [2.24, 2.45) is 4.99 Å². The van der Waals surface area contributed by atoms with Gasteiger partial charge in [-0.05, 0) is 13.6 Å². The highest BCUT2D eigenvalue weighted by molar-refractivity contribution is 5.22. The molecule has 3 heteroatoms. The predicted molar refractivity (Wildman–Crippen MR) is 41.7 cm³/mol. The minimum Gasteiger partial charge on any atom is -0.379 e. The SMILES string of the molecule is C=NCCOCCOCC. The van der Waals surface area contributed by atoms with Crippen LogP contribution in [0, 0.1) is 0 Å². The number of hydrogen-bond donors (Lipinski definition) is 0. The van der Waals surface area contributed by atoms with Crippen molar-refractivity contribution in [1.29, 1.82) is 0 Å². The van der Waals surface area contributed by atoms with Crippen molar-refractivity contribution in [3.63, 3.8) is 0 Å². The van der Waals surface area contributed by atoms with Gasteiger partial charge in [0.1, 0.15) is 0 Å². The van der Waals surface area contributed by atoms with E-state index in [0.717, 1.165) is 6.61 Å². The summed E-state index contributed by atoms with van der Waals surface area (Å²) in [4.78, 5) is 3.64. The van der Waals surface area contributed by atoms with Gasteiger partial charge in [0, 0.05) is 6.61 Å². The van der Waals surface area contributed by atoms with E-state index in [1.165, 1.54) is 0 Å². The second-order valence-corrected chi connectivity index (χ2v) is 1.76. The molecule has 0 atom stereocenters. The lowest BCUT2D eigenvalue weighted by molar-refractivity contribution is 0.0562. The normalized spacial score (nSPS) is 9.70. The predicted octanol–water partition coefficient (Wildman–Crippen LogP) is 0.740. The van der Waals surface area contributed by atoms with Crippen LogP contribution in [-0.2, 0) is 9.47 Å². The summed E-state index contributed by atoms with van der Waals surface area (Å²) in [5.41, 5.74) is 0. The Balaban J connectivity index is 2.70. The second kappa shape index (κ2) is 8.59. The topological polar surface area (TPSA) is 30.8 Å². The number of aliphatic imine (C=N–C) groups is 1. The van der Waals surface area contributed by atoms with Crippen LogP contribution in [0.4, 0.5) is 0 Å². The number of nitrogens with zero attached hydrogens (tertiary/aromatic N) is 1. The lowest BCUT2D eigenvalue weighted by Crippen LogP contribution is -2.06. The third kappa shape index (κ3) is 7.59. The van der Waals surface area contributed by atoms with Crippen LogP contribution in [0.5, 0.6) is 0 Å². The molecule has 0 aliphatic rings. The molecule has 3 nitrogen and oxygen atoms in total. The Hall–Kier alpha value is -0.410. The molecule has 0 spiro atoms. The highest BCUT2D eigenvalue weighted by atomic mass is 16.5. The van der Waals surface area contributed by atoms with E-state index in [1.54, 1.807) is 0 Å². The van der Waals surface area contributed by atoms with Gasteiger partial charge in [0.2, 0.25) is 0 Å². The molecule has 60 valence electrons. The third-order valence-corrected chi connectivity index (χ3v) is 0.970. The van der Waals surface area contributed by atoms with Crippen molar-refractivity contribution in [1.82, 2.24) is 0 Å². The molecule has 10 heavy (non-hydrogen) atoms. The molecular weight excluding hydrogens is 130 g/mol. The molecule has 0 heterocycles. The first-order chi connectivity index (χ1) is 4.91. The van der Waals surface area contributed by atoms with Gasteiger partial charge in [-0.1, -0.05) is 0 Å². The molecule has 0 saturated heterocycles. The Morgan fingerprint density at radius 2 is 1.90 bits per heavy atom. The van der Waals surface area contributed by atoms with Gasteiger partial charge < -0.3 is 9.47 Å². The van der Waals surface area contributed by atoms with Gasteiger partial charge in [0.05, 0.1) is 26.4 Å². The van der Waals surface area contributed by atoms with Crippen molar-refractivity contribution in [3.05, 3.63) is 0 Å². The van der Waals surface area contributed by atoms with Gasteiger partial charge in [-0.2, -0.15) is 0 Å². The van der Waals surface area contributed by atoms with E-state index in [9.17, 15) is 0 Å². The Morgan fingerprint density at radius 3 is 2.50 bits per heavy atom. The summed E-state index contributed by atoms with van der Waals surface area (Å²) in [6, 6.07) is 0. The Labute approximate surface area is 62.1 Å². The molecule has 0 radical (unpaired) electrons. The van der Waals surface area contributed by atoms with Gasteiger partial charge in [0.15, 0.2) is 0 Å². The molecular formula is C7H15NO2. The summed E-state index contributed by atoms with van der Waals surface area (Å²) >= 11 is 0. The van der Waals surface area contributed by atoms with Crippen LogP contribution < -0.4 is 0 Å². The maximum atomic E-state index is 5.12. The fourth-order valence-corrected chi connectivity index (χ4v) is 0.493. The Morgan fingerprint density at radius 1 is 1.20 bits per heavy atom. The first kappa shape index (κ1) is 9.59. The summed E-state index contributed by atoms with van der Waals surface area (Å²) in [5.74, 6) is 0. The van der Waals surface area contributed by atoms with E-state index in [2.05, 4.69) is 11.7 Å². The number of ether oxygens (including phenoxy) is 2. The van der Waals surface area contributed by atoms with E-state index in [-0.39, 0.29) is 0 Å². The van der Waals surface area contributed by atoms with Gasteiger partial charge in [-0.3, -0.25) is 4.99 Å². The molecule has 0 fully saturated rings. The lowest BCUT2D eigenvalue weighted by Gasteiger charge is -2.01. The standard InChI is InChI=1S/C7H15NO2/c1-3-9-6-7-10-5-4-8-2/h2-7H2,1H3. The molecule has 0 aromatic carbocycles. The zero-order valence-electron chi connectivity index (χ0n) is 6.51. The summed E-state index contributed by atoms with van der Waals surface area (Å²) in [6.45, 7) is 8.70. The minimum absolute atomic E-state index is 0.649. The van der Waals surface area contributed by atoms with E-state index in [1.807, 2.05) is 6.92 Å². The molecule has 0 aliphatic heterocycles.